The van der Waals surface area contributed by atoms with Crippen molar-refractivity contribution < 1.29 is 22.7 Å². The lowest BCUT2D eigenvalue weighted by Gasteiger charge is -2.30. The van der Waals surface area contributed by atoms with Crippen LogP contribution in [0.2, 0.25) is 5.02 Å². The first kappa shape index (κ1) is 22.9. The highest BCUT2D eigenvalue weighted by molar-refractivity contribution is 7.92. The summed E-state index contributed by atoms with van der Waals surface area (Å²) in [6.07, 6.45) is 0.660. The van der Waals surface area contributed by atoms with Crippen LogP contribution < -0.4 is 14.2 Å². The molecule has 0 saturated heterocycles. The van der Waals surface area contributed by atoms with Gasteiger partial charge in [0.15, 0.2) is 11.5 Å². The van der Waals surface area contributed by atoms with Crippen LogP contribution in [0.3, 0.4) is 0 Å². The van der Waals surface area contributed by atoms with E-state index in [2.05, 4.69) is 4.72 Å². The number of nitrogens with one attached hydrogen (secondary N) is 1. The molecule has 0 spiro atoms. The average molecular weight is 487 g/mol. The maximum absolute atomic E-state index is 13.2. The van der Waals surface area contributed by atoms with E-state index >= 15 is 0 Å². The quantitative estimate of drug-likeness (QED) is 0.559. The van der Waals surface area contributed by atoms with Crippen LogP contribution in [-0.2, 0) is 23.0 Å². The molecule has 0 aromatic heterocycles. The lowest BCUT2D eigenvalue weighted by atomic mass is 9.98. The summed E-state index contributed by atoms with van der Waals surface area (Å²) in [6.45, 7) is 0.902. The van der Waals surface area contributed by atoms with Gasteiger partial charge in [-0.15, -0.1) is 0 Å². The van der Waals surface area contributed by atoms with Gasteiger partial charge < -0.3 is 14.4 Å². The summed E-state index contributed by atoms with van der Waals surface area (Å²) in [6, 6.07) is 16.4. The van der Waals surface area contributed by atoms with E-state index in [4.69, 9.17) is 21.1 Å². The summed E-state index contributed by atoms with van der Waals surface area (Å²) in [7, 11) is -0.768. The zero-order chi connectivity index (χ0) is 23.6. The van der Waals surface area contributed by atoms with E-state index in [1.54, 1.807) is 55.5 Å². The van der Waals surface area contributed by atoms with Crippen LogP contribution in [-0.4, -0.2) is 40.0 Å². The van der Waals surface area contributed by atoms with Crippen LogP contribution >= 0.6 is 11.6 Å². The van der Waals surface area contributed by atoms with Gasteiger partial charge in [-0.3, -0.25) is 9.52 Å². The molecule has 0 fully saturated rings. The third-order valence-electron chi connectivity index (χ3n) is 5.51. The number of anilines is 1. The molecule has 1 aliphatic rings. The second-order valence-electron chi connectivity index (χ2n) is 7.57. The number of hydrogen-bond donors (Lipinski definition) is 1. The Labute approximate surface area is 197 Å². The lowest BCUT2D eigenvalue weighted by molar-refractivity contribution is 0.0734. The van der Waals surface area contributed by atoms with Gasteiger partial charge in [0.1, 0.15) is 0 Å². The molecule has 1 aliphatic heterocycles. The molecule has 1 N–H and O–H groups in total. The molecule has 33 heavy (non-hydrogen) atoms. The zero-order valence-electron chi connectivity index (χ0n) is 18.2. The number of hydrogen-bond acceptors (Lipinski definition) is 5. The van der Waals surface area contributed by atoms with Gasteiger partial charge >= 0.3 is 0 Å². The van der Waals surface area contributed by atoms with Crippen LogP contribution in [0.1, 0.15) is 21.5 Å². The van der Waals surface area contributed by atoms with Crippen molar-refractivity contribution in [3.63, 3.8) is 0 Å². The van der Waals surface area contributed by atoms with E-state index in [-0.39, 0.29) is 21.5 Å². The number of para-hydroxylation sites is 1. The molecule has 1 amide bonds. The molecule has 3 aromatic carbocycles. The molecule has 0 aliphatic carbocycles. The fraction of sp³-hybridized carbons (Fsp3) is 0.208. The van der Waals surface area contributed by atoms with E-state index < -0.39 is 10.0 Å². The van der Waals surface area contributed by atoms with Crippen LogP contribution in [0.15, 0.2) is 65.6 Å². The highest BCUT2D eigenvalue weighted by Gasteiger charge is 2.25. The van der Waals surface area contributed by atoms with Gasteiger partial charge in [-0.2, -0.15) is 0 Å². The van der Waals surface area contributed by atoms with Crippen molar-refractivity contribution in [3.05, 3.63) is 82.4 Å². The SMILES string of the molecule is COc1cc2c(cc1OC)CN(C(=O)c1cccc(S(=O)(=O)Nc3ccccc3Cl)c1)CC2. The van der Waals surface area contributed by atoms with Crippen LogP contribution in [0.25, 0.3) is 0 Å². The summed E-state index contributed by atoms with van der Waals surface area (Å²) in [5.41, 5.74) is 2.63. The summed E-state index contributed by atoms with van der Waals surface area (Å²) in [5.74, 6) is 1.01. The summed E-state index contributed by atoms with van der Waals surface area (Å²) >= 11 is 6.08. The molecule has 3 aromatic rings. The Morgan fingerprint density at radius 2 is 1.67 bits per heavy atom. The molecule has 172 valence electrons. The van der Waals surface area contributed by atoms with Crippen LogP contribution in [0, 0.1) is 0 Å². The van der Waals surface area contributed by atoms with Crippen molar-refractivity contribution in [1.29, 1.82) is 0 Å². The fourth-order valence-corrected chi connectivity index (χ4v) is 5.15. The number of carbonyl (C=O) groups is 1. The fourth-order valence-electron chi connectivity index (χ4n) is 3.78. The zero-order valence-corrected chi connectivity index (χ0v) is 19.7. The molecule has 0 bridgehead atoms. The van der Waals surface area contributed by atoms with Crippen molar-refractivity contribution >= 4 is 33.2 Å². The van der Waals surface area contributed by atoms with Crippen molar-refractivity contribution in [2.24, 2.45) is 0 Å². The monoisotopic (exact) mass is 486 g/mol. The highest BCUT2D eigenvalue weighted by atomic mass is 35.5. The van der Waals surface area contributed by atoms with Crippen molar-refractivity contribution in [1.82, 2.24) is 4.90 Å². The van der Waals surface area contributed by atoms with Gasteiger partial charge in [-0.1, -0.05) is 29.8 Å². The molecule has 9 heteroatoms. The number of methoxy groups -OCH3 is 2. The van der Waals surface area contributed by atoms with E-state index in [1.165, 1.54) is 12.1 Å². The molecule has 0 saturated carbocycles. The van der Waals surface area contributed by atoms with Crippen molar-refractivity contribution in [2.75, 3.05) is 25.5 Å². The second kappa shape index (κ2) is 9.33. The minimum atomic E-state index is -3.92. The van der Waals surface area contributed by atoms with Crippen molar-refractivity contribution in [3.8, 4) is 11.5 Å². The first-order valence-electron chi connectivity index (χ1n) is 10.2. The number of sulfonamides is 1. The Bertz CT molecular complexity index is 1310. The van der Waals surface area contributed by atoms with E-state index in [0.29, 0.717) is 36.6 Å². The average Bonchev–Trinajstić information content (AvgIpc) is 2.83. The largest absolute Gasteiger partial charge is 0.493 e. The topological polar surface area (TPSA) is 84.9 Å². The van der Waals surface area contributed by atoms with Crippen molar-refractivity contribution in [2.45, 2.75) is 17.9 Å². The first-order valence-corrected chi connectivity index (χ1v) is 12.1. The van der Waals surface area contributed by atoms with Gasteiger partial charge in [0.2, 0.25) is 0 Å². The molecule has 4 rings (SSSR count). The number of halogens is 1. The minimum Gasteiger partial charge on any atom is -0.493 e. The molecule has 1 heterocycles. The predicted molar refractivity (Wildman–Crippen MR) is 127 cm³/mol. The molecule has 7 nitrogen and oxygen atoms in total. The van der Waals surface area contributed by atoms with E-state index in [1.807, 2.05) is 12.1 Å². The number of amides is 1. The van der Waals surface area contributed by atoms with Crippen LogP contribution in [0.4, 0.5) is 5.69 Å². The predicted octanol–water partition coefficient (Wildman–Crippen LogP) is 4.36. The number of carbonyl (C=O) groups excluding carboxylic acids is 1. The molecular formula is C24H23ClN2O5S. The number of fused-ring (bicyclic) bond motifs is 1. The van der Waals surface area contributed by atoms with Gasteiger partial charge in [0, 0.05) is 18.7 Å². The number of nitrogens with zero attached hydrogens (tertiary/aromatic N) is 1. The Kier molecular flexibility index (Phi) is 6.49. The maximum Gasteiger partial charge on any atom is 0.261 e. The maximum atomic E-state index is 13.2. The van der Waals surface area contributed by atoms with Gasteiger partial charge in [-0.25, -0.2) is 8.42 Å². The highest BCUT2D eigenvalue weighted by Crippen LogP contribution is 2.33. The molecular weight excluding hydrogens is 464 g/mol. The second-order valence-corrected chi connectivity index (χ2v) is 9.66. The van der Waals surface area contributed by atoms with Gasteiger partial charge in [0.05, 0.1) is 29.8 Å². The third kappa shape index (κ3) is 4.77. The Morgan fingerprint density at radius 3 is 2.36 bits per heavy atom. The smallest absolute Gasteiger partial charge is 0.261 e. The third-order valence-corrected chi connectivity index (χ3v) is 7.21. The summed E-state index contributed by atoms with van der Waals surface area (Å²) in [4.78, 5) is 14.9. The van der Waals surface area contributed by atoms with Gasteiger partial charge in [0.25, 0.3) is 15.9 Å². The normalized spacial score (nSPS) is 13.2. The molecule has 0 atom stereocenters. The van der Waals surface area contributed by atoms with Gasteiger partial charge in [-0.05, 0) is 60.0 Å². The Hall–Kier alpha value is -3.23. The van der Waals surface area contributed by atoms with E-state index in [0.717, 1.165) is 11.1 Å². The Morgan fingerprint density at radius 1 is 0.970 bits per heavy atom. The first-order chi connectivity index (χ1) is 15.8. The van der Waals surface area contributed by atoms with E-state index in [9.17, 15) is 13.2 Å². The molecule has 0 unspecified atom stereocenters. The lowest BCUT2D eigenvalue weighted by Crippen LogP contribution is -2.36. The minimum absolute atomic E-state index is 0.0166. The Balaban J connectivity index is 1.57. The summed E-state index contributed by atoms with van der Waals surface area (Å²) < 4.78 is 39.0. The number of rotatable bonds is 6. The standard InChI is InChI=1S/C24H23ClN2O5S/c1-31-22-13-16-10-11-27(15-18(16)14-23(22)32-2)24(28)17-6-5-7-19(12-17)33(29,30)26-21-9-4-3-8-20(21)25/h3-9,12-14,26H,10-11,15H2,1-2H3. The number of ether oxygens (including phenoxy) is 2. The molecule has 0 radical (unpaired) electrons. The summed E-state index contributed by atoms with van der Waals surface area (Å²) in [5, 5.41) is 0.285. The number of benzene rings is 3. The van der Waals surface area contributed by atoms with Crippen LogP contribution in [0.5, 0.6) is 11.5 Å².